The van der Waals surface area contributed by atoms with Gasteiger partial charge >= 0.3 is 12.1 Å². The third-order valence-corrected chi connectivity index (χ3v) is 4.65. The van der Waals surface area contributed by atoms with E-state index >= 15 is 0 Å². The molecule has 2 saturated heterocycles. The number of rotatable bonds is 2. The molecule has 7 nitrogen and oxygen atoms in total. The number of carboxylic acid groups (broad SMARTS) is 1. The second kappa shape index (κ2) is 5.70. The molecule has 2 aliphatic heterocycles. The molecule has 1 amide bonds. The van der Waals surface area contributed by atoms with Crippen LogP contribution in [0.5, 0.6) is 0 Å². The Labute approximate surface area is 130 Å². The van der Waals surface area contributed by atoms with Crippen molar-refractivity contribution in [2.75, 3.05) is 26.2 Å². The van der Waals surface area contributed by atoms with Crippen molar-refractivity contribution in [1.82, 2.24) is 10.2 Å². The maximum absolute atomic E-state index is 12.2. The Balaban J connectivity index is 2.18. The molecule has 1 atom stereocenters. The lowest BCUT2D eigenvalue weighted by atomic mass is 9.66. The van der Waals surface area contributed by atoms with Crippen LogP contribution >= 0.6 is 0 Å². The van der Waals surface area contributed by atoms with Crippen LogP contribution in [0.2, 0.25) is 0 Å². The summed E-state index contributed by atoms with van der Waals surface area (Å²) in [7, 11) is 0. The van der Waals surface area contributed by atoms with Gasteiger partial charge < -0.3 is 25.2 Å². The molecule has 2 fully saturated rings. The monoisotopic (exact) mass is 314 g/mol. The Kier molecular flexibility index (Phi) is 4.41. The van der Waals surface area contributed by atoms with Crippen LogP contribution < -0.4 is 5.32 Å². The lowest BCUT2D eigenvalue weighted by Crippen LogP contribution is -2.59. The van der Waals surface area contributed by atoms with E-state index in [9.17, 15) is 19.8 Å². The third-order valence-electron chi connectivity index (χ3n) is 4.65. The van der Waals surface area contributed by atoms with E-state index in [2.05, 4.69) is 5.32 Å². The van der Waals surface area contributed by atoms with E-state index in [0.29, 0.717) is 25.9 Å². The first-order chi connectivity index (χ1) is 10.1. The second-order valence-electron chi connectivity index (χ2n) is 7.32. The summed E-state index contributed by atoms with van der Waals surface area (Å²) in [5, 5.41) is 23.8. The number of nitrogens with one attached hydrogen (secondary N) is 1. The van der Waals surface area contributed by atoms with E-state index in [0.717, 1.165) is 0 Å². The predicted molar refractivity (Wildman–Crippen MR) is 79.5 cm³/mol. The van der Waals surface area contributed by atoms with Gasteiger partial charge in [0.15, 0.2) is 0 Å². The summed E-state index contributed by atoms with van der Waals surface area (Å²) < 4.78 is 5.32. The number of carboxylic acids is 1. The molecule has 0 radical (unpaired) electrons. The van der Waals surface area contributed by atoms with Crippen molar-refractivity contribution in [3.63, 3.8) is 0 Å². The van der Waals surface area contributed by atoms with Gasteiger partial charge in [-0.15, -0.1) is 0 Å². The van der Waals surface area contributed by atoms with Crippen LogP contribution in [0.4, 0.5) is 4.79 Å². The average molecular weight is 314 g/mol. The minimum absolute atomic E-state index is 0.00620. The van der Waals surface area contributed by atoms with Crippen LogP contribution in [0.25, 0.3) is 0 Å². The fourth-order valence-electron chi connectivity index (χ4n) is 3.36. The van der Waals surface area contributed by atoms with Crippen molar-refractivity contribution < 1.29 is 24.5 Å². The summed E-state index contributed by atoms with van der Waals surface area (Å²) in [6.45, 7) is 6.75. The van der Waals surface area contributed by atoms with Gasteiger partial charge in [-0.3, -0.25) is 4.79 Å². The molecule has 0 aromatic rings. The minimum Gasteiger partial charge on any atom is -0.481 e. The normalized spacial score (nSPS) is 28.5. The first kappa shape index (κ1) is 17.0. The van der Waals surface area contributed by atoms with Crippen LogP contribution in [0.3, 0.4) is 0 Å². The lowest BCUT2D eigenvalue weighted by Gasteiger charge is -2.44. The number of carbonyl (C=O) groups is 2. The molecule has 2 aliphatic rings. The number of hydrogen-bond acceptors (Lipinski definition) is 5. The van der Waals surface area contributed by atoms with Crippen molar-refractivity contribution >= 4 is 12.1 Å². The predicted octanol–water partition coefficient (Wildman–Crippen LogP) is 0.813. The summed E-state index contributed by atoms with van der Waals surface area (Å²) >= 11 is 0. The molecule has 0 aliphatic carbocycles. The Morgan fingerprint density at radius 1 is 1.18 bits per heavy atom. The van der Waals surface area contributed by atoms with Crippen molar-refractivity contribution in [2.24, 2.45) is 5.41 Å². The van der Waals surface area contributed by atoms with E-state index in [1.807, 2.05) is 0 Å². The quantitative estimate of drug-likeness (QED) is 0.698. The molecule has 0 saturated carbocycles. The first-order valence-electron chi connectivity index (χ1n) is 7.74. The molecule has 22 heavy (non-hydrogen) atoms. The van der Waals surface area contributed by atoms with E-state index in [-0.39, 0.29) is 19.5 Å². The van der Waals surface area contributed by atoms with Gasteiger partial charge in [-0.1, -0.05) is 0 Å². The highest BCUT2D eigenvalue weighted by Crippen LogP contribution is 2.45. The Morgan fingerprint density at radius 2 is 1.77 bits per heavy atom. The van der Waals surface area contributed by atoms with E-state index in [4.69, 9.17) is 4.74 Å². The zero-order chi connectivity index (χ0) is 16.6. The van der Waals surface area contributed by atoms with Gasteiger partial charge in [-0.2, -0.15) is 0 Å². The highest BCUT2D eigenvalue weighted by atomic mass is 16.6. The van der Waals surface area contributed by atoms with Gasteiger partial charge in [0.2, 0.25) is 0 Å². The van der Waals surface area contributed by atoms with Crippen LogP contribution in [0.15, 0.2) is 0 Å². The molecule has 2 heterocycles. The van der Waals surface area contributed by atoms with Crippen molar-refractivity contribution in [2.45, 2.75) is 51.2 Å². The fraction of sp³-hybridized carbons (Fsp3) is 0.867. The zero-order valence-electron chi connectivity index (χ0n) is 13.5. The molecule has 126 valence electrons. The number of likely N-dealkylation sites (tertiary alicyclic amines) is 1. The van der Waals surface area contributed by atoms with Crippen LogP contribution in [0.1, 0.15) is 40.0 Å². The summed E-state index contributed by atoms with van der Waals surface area (Å²) in [5.41, 5.74) is -3.23. The van der Waals surface area contributed by atoms with Crippen molar-refractivity contribution in [3.8, 4) is 0 Å². The van der Waals surface area contributed by atoms with Gasteiger partial charge in [-0.05, 0) is 53.1 Å². The number of piperidine rings is 1. The van der Waals surface area contributed by atoms with Crippen LogP contribution in [-0.4, -0.2) is 64.6 Å². The van der Waals surface area contributed by atoms with Gasteiger partial charge in [0.1, 0.15) is 11.0 Å². The number of amides is 1. The van der Waals surface area contributed by atoms with Gasteiger partial charge in [0.05, 0.1) is 5.60 Å². The molecule has 0 aromatic carbocycles. The number of hydrogen-bond donors (Lipinski definition) is 3. The smallest absolute Gasteiger partial charge is 0.410 e. The standard InChI is InChI=1S/C15H26N2O5/c1-13(2,3)22-12(20)17-9-6-14(10-17,11(18)19)15(21)4-7-16-8-5-15/h16,21H,4-10H2,1-3H3,(H,18,19). The van der Waals surface area contributed by atoms with Gasteiger partial charge in [0.25, 0.3) is 0 Å². The van der Waals surface area contributed by atoms with Gasteiger partial charge in [-0.25, -0.2) is 4.79 Å². The number of aliphatic carboxylic acids is 1. The average Bonchev–Trinajstić information content (AvgIpc) is 2.84. The molecule has 2 rings (SSSR count). The topological polar surface area (TPSA) is 99.1 Å². The summed E-state index contributed by atoms with van der Waals surface area (Å²) in [6.07, 6.45) is 0.481. The van der Waals surface area contributed by atoms with Crippen LogP contribution in [-0.2, 0) is 9.53 Å². The molecule has 0 aromatic heterocycles. The van der Waals surface area contributed by atoms with Gasteiger partial charge in [0, 0.05) is 13.1 Å². The fourth-order valence-corrected chi connectivity index (χ4v) is 3.36. The van der Waals surface area contributed by atoms with Crippen molar-refractivity contribution in [1.29, 1.82) is 0 Å². The molecule has 3 N–H and O–H groups in total. The van der Waals surface area contributed by atoms with E-state index < -0.39 is 28.7 Å². The Hall–Kier alpha value is -1.34. The highest BCUT2D eigenvalue weighted by Gasteiger charge is 2.60. The SMILES string of the molecule is CC(C)(C)OC(=O)N1CCC(C(=O)O)(C2(O)CCNCC2)C1. The minimum atomic E-state index is -1.31. The number of ether oxygens (including phenoxy) is 1. The molecule has 0 bridgehead atoms. The summed E-state index contributed by atoms with van der Waals surface area (Å²) in [4.78, 5) is 25.5. The number of nitrogens with zero attached hydrogens (tertiary/aromatic N) is 1. The Morgan fingerprint density at radius 3 is 2.27 bits per heavy atom. The summed E-state index contributed by atoms with van der Waals surface area (Å²) in [6, 6.07) is 0. The lowest BCUT2D eigenvalue weighted by molar-refractivity contribution is -0.171. The maximum Gasteiger partial charge on any atom is 0.410 e. The van der Waals surface area contributed by atoms with E-state index in [1.54, 1.807) is 20.8 Å². The molecule has 0 spiro atoms. The molecule has 1 unspecified atom stereocenters. The first-order valence-corrected chi connectivity index (χ1v) is 7.74. The van der Waals surface area contributed by atoms with E-state index in [1.165, 1.54) is 4.90 Å². The second-order valence-corrected chi connectivity index (χ2v) is 7.32. The number of aliphatic hydroxyl groups is 1. The third kappa shape index (κ3) is 3.05. The van der Waals surface area contributed by atoms with Crippen LogP contribution in [0, 0.1) is 5.41 Å². The molecule has 7 heteroatoms. The largest absolute Gasteiger partial charge is 0.481 e. The van der Waals surface area contributed by atoms with Crippen molar-refractivity contribution in [3.05, 3.63) is 0 Å². The summed E-state index contributed by atoms with van der Waals surface area (Å²) in [5.74, 6) is -1.04. The highest BCUT2D eigenvalue weighted by molar-refractivity contribution is 5.79. The molecular formula is C15H26N2O5. The zero-order valence-corrected chi connectivity index (χ0v) is 13.5. The molecular weight excluding hydrogens is 288 g/mol. The number of carbonyl (C=O) groups excluding carboxylic acids is 1. The Bertz CT molecular complexity index is 453. The maximum atomic E-state index is 12.2.